The molecule has 2 atom stereocenters. The van der Waals surface area contributed by atoms with Crippen molar-refractivity contribution in [2.75, 3.05) is 18.4 Å². The molecule has 3 nitrogen and oxygen atoms in total. The first-order chi connectivity index (χ1) is 10.2. The first kappa shape index (κ1) is 14.1. The van der Waals surface area contributed by atoms with E-state index in [1.807, 2.05) is 24.3 Å². The van der Waals surface area contributed by atoms with Gasteiger partial charge >= 0.3 is 0 Å². The average Bonchev–Trinajstić information content (AvgIpc) is 2.50. The zero-order valence-electron chi connectivity index (χ0n) is 12.6. The summed E-state index contributed by atoms with van der Waals surface area (Å²) in [5.74, 6) is 0.120. The lowest BCUT2D eigenvalue weighted by molar-refractivity contribution is -0.920. The summed E-state index contributed by atoms with van der Waals surface area (Å²) in [6, 6.07) is 14.8. The summed E-state index contributed by atoms with van der Waals surface area (Å²) < 4.78 is 0. The van der Waals surface area contributed by atoms with Crippen LogP contribution in [0.25, 0.3) is 10.8 Å². The van der Waals surface area contributed by atoms with Crippen LogP contribution in [0.2, 0.25) is 0 Å². The summed E-state index contributed by atoms with van der Waals surface area (Å²) in [7, 11) is 0. The summed E-state index contributed by atoms with van der Waals surface area (Å²) >= 11 is 0. The van der Waals surface area contributed by atoms with Gasteiger partial charge in [0.2, 0.25) is 0 Å². The van der Waals surface area contributed by atoms with Gasteiger partial charge in [0.15, 0.2) is 6.54 Å². The van der Waals surface area contributed by atoms with Crippen LogP contribution in [-0.2, 0) is 4.79 Å². The normalized spacial score (nSPS) is 22.1. The molecular formula is C18H23N2O+. The maximum absolute atomic E-state index is 12.3. The Balaban J connectivity index is 1.71. The van der Waals surface area contributed by atoms with Crippen LogP contribution in [0.4, 0.5) is 5.69 Å². The van der Waals surface area contributed by atoms with Crippen molar-refractivity contribution in [1.29, 1.82) is 0 Å². The number of fused-ring (bicyclic) bond motifs is 1. The lowest BCUT2D eigenvalue weighted by atomic mass is 10.0. The van der Waals surface area contributed by atoms with Crippen molar-refractivity contribution >= 4 is 22.4 Å². The lowest BCUT2D eigenvalue weighted by Gasteiger charge is -2.29. The smallest absolute Gasteiger partial charge is 0.279 e. The summed E-state index contributed by atoms with van der Waals surface area (Å²) in [6.45, 7) is 3.94. The number of quaternary nitrogens is 1. The minimum atomic E-state index is 0.120. The van der Waals surface area contributed by atoms with Gasteiger partial charge in [-0.3, -0.25) is 4.79 Å². The minimum absolute atomic E-state index is 0.120. The summed E-state index contributed by atoms with van der Waals surface area (Å²) in [5, 5.41) is 5.36. The molecule has 0 radical (unpaired) electrons. The molecule has 1 heterocycles. The van der Waals surface area contributed by atoms with E-state index in [1.165, 1.54) is 24.2 Å². The van der Waals surface area contributed by atoms with Crippen molar-refractivity contribution in [3.05, 3.63) is 42.5 Å². The molecule has 1 unspecified atom stereocenters. The third-order valence-electron chi connectivity index (χ3n) is 4.53. The van der Waals surface area contributed by atoms with Crippen molar-refractivity contribution in [2.24, 2.45) is 0 Å². The molecule has 2 aromatic rings. The Morgan fingerprint density at radius 2 is 2.00 bits per heavy atom. The molecule has 0 saturated carbocycles. The fourth-order valence-corrected chi connectivity index (χ4v) is 3.25. The standard InChI is InChI=1S/C18H22N2O/c1-14-7-4-5-12-20(14)13-18(21)19-17-11-6-9-15-8-2-3-10-16(15)17/h2-3,6,8-11,14H,4-5,7,12-13H2,1H3,(H,19,21)/p+1/t14-/m0/s1. The molecule has 21 heavy (non-hydrogen) atoms. The highest BCUT2D eigenvalue weighted by Gasteiger charge is 2.24. The lowest BCUT2D eigenvalue weighted by Crippen LogP contribution is -3.17. The van der Waals surface area contributed by atoms with Crippen LogP contribution in [0.3, 0.4) is 0 Å². The molecule has 0 aliphatic carbocycles. The Hall–Kier alpha value is -1.87. The molecule has 3 heteroatoms. The predicted molar refractivity (Wildman–Crippen MR) is 86.6 cm³/mol. The first-order valence-electron chi connectivity index (χ1n) is 7.86. The first-order valence-corrected chi connectivity index (χ1v) is 7.86. The van der Waals surface area contributed by atoms with E-state index < -0.39 is 0 Å². The number of likely N-dealkylation sites (tertiary alicyclic amines) is 1. The second kappa shape index (κ2) is 6.27. The van der Waals surface area contributed by atoms with Gasteiger partial charge in [-0.15, -0.1) is 0 Å². The number of rotatable bonds is 3. The van der Waals surface area contributed by atoms with Crippen LogP contribution in [0, 0.1) is 0 Å². The molecule has 1 amide bonds. The maximum Gasteiger partial charge on any atom is 0.279 e. The van der Waals surface area contributed by atoms with E-state index >= 15 is 0 Å². The van der Waals surface area contributed by atoms with Gasteiger partial charge in [0.25, 0.3) is 5.91 Å². The van der Waals surface area contributed by atoms with Gasteiger partial charge in [0, 0.05) is 11.1 Å². The highest BCUT2D eigenvalue weighted by Crippen LogP contribution is 2.22. The molecule has 2 aromatic carbocycles. The minimum Gasteiger partial charge on any atom is -0.325 e. The molecule has 0 aromatic heterocycles. The number of hydrogen-bond acceptors (Lipinski definition) is 1. The molecule has 1 saturated heterocycles. The third kappa shape index (κ3) is 3.24. The average molecular weight is 283 g/mol. The summed E-state index contributed by atoms with van der Waals surface area (Å²) in [6.07, 6.45) is 3.77. The van der Waals surface area contributed by atoms with Crippen LogP contribution in [0.5, 0.6) is 0 Å². The van der Waals surface area contributed by atoms with E-state index in [2.05, 4.69) is 30.4 Å². The van der Waals surface area contributed by atoms with Gasteiger partial charge in [-0.05, 0) is 37.6 Å². The molecule has 3 rings (SSSR count). The second-order valence-corrected chi connectivity index (χ2v) is 6.06. The van der Waals surface area contributed by atoms with E-state index in [1.54, 1.807) is 0 Å². The monoisotopic (exact) mass is 283 g/mol. The third-order valence-corrected chi connectivity index (χ3v) is 4.53. The van der Waals surface area contributed by atoms with Gasteiger partial charge in [0.05, 0.1) is 12.6 Å². The number of carbonyl (C=O) groups is 1. The maximum atomic E-state index is 12.3. The molecule has 1 aliphatic heterocycles. The Morgan fingerprint density at radius 3 is 2.86 bits per heavy atom. The van der Waals surface area contributed by atoms with Crippen molar-refractivity contribution in [2.45, 2.75) is 32.2 Å². The number of benzene rings is 2. The van der Waals surface area contributed by atoms with Crippen LogP contribution in [0.15, 0.2) is 42.5 Å². The highest BCUT2D eigenvalue weighted by molar-refractivity contribution is 6.02. The zero-order chi connectivity index (χ0) is 14.7. The number of carbonyl (C=O) groups excluding carboxylic acids is 1. The number of piperidine rings is 1. The van der Waals surface area contributed by atoms with Gasteiger partial charge in [-0.2, -0.15) is 0 Å². The van der Waals surface area contributed by atoms with Gasteiger partial charge < -0.3 is 10.2 Å². The van der Waals surface area contributed by atoms with E-state index in [0.717, 1.165) is 23.0 Å². The number of amides is 1. The molecule has 1 aliphatic rings. The Bertz CT molecular complexity index is 633. The van der Waals surface area contributed by atoms with Gasteiger partial charge in [-0.1, -0.05) is 36.4 Å². The van der Waals surface area contributed by atoms with Crippen LogP contribution in [-0.4, -0.2) is 25.0 Å². The van der Waals surface area contributed by atoms with E-state index in [9.17, 15) is 4.79 Å². The topological polar surface area (TPSA) is 33.5 Å². The Morgan fingerprint density at radius 1 is 1.19 bits per heavy atom. The number of anilines is 1. The summed E-state index contributed by atoms with van der Waals surface area (Å²) in [4.78, 5) is 13.8. The number of hydrogen-bond donors (Lipinski definition) is 2. The van der Waals surface area contributed by atoms with Gasteiger partial charge in [0.1, 0.15) is 0 Å². The van der Waals surface area contributed by atoms with E-state index in [4.69, 9.17) is 0 Å². The summed E-state index contributed by atoms with van der Waals surface area (Å²) in [5.41, 5.74) is 0.919. The van der Waals surface area contributed by atoms with Crippen LogP contribution >= 0.6 is 0 Å². The van der Waals surface area contributed by atoms with E-state index in [-0.39, 0.29) is 5.91 Å². The van der Waals surface area contributed by atoms with Gasteiger partial charge in [-0.25, -0.2) is 0 Å². The SMILES string of the molecule is C[C@H]1CCCC[NH+]1CC(=O)Nc1cccc2ccccc12. The molecule has 0 spiro atoms. The zero-order valence-corrected chi connectivity index (χ0v) is 12.6. The quantitative estimate of drug-likeness (QED) is 0.890. The fourth-order valence-electron chi connectivity index (χ4n) is 3.25. The Labute approximate surface area is 125 Å². The van der Waals surface area contributed by atoms with Crippen LogP contribution in [0.1, 0.15) is 26.2 Å². The largest absolute Gasteiger partial charge is 0.325 e. The fraction of sp³-hybridized carbons (Fsp3) is 0.389. The van der Waals surface area contributed by atoms with Crippen molar-refractivity contribution in [3.63, 3.8) is 0 Å². The van der Waals surface area contributed by atoms with E-state index in [0.29, 0.717) is 12.6 Å². The van der Waals surface area contributed by atoms with Crippen LogP contribution < -0.4 is 10.2 Å². The molecule has 2 N–H and O–H groups in total. The highest BCUT2D eigenvalue weighted by atomic mass is 16.2. The van der Waals surface area contributed by atoms with Crippen molar-refractivity contribution in [3.8, 4) is 0 Å². The van der Waals surface area contributed by atoms with Crippen molar-refractivity contribution in [1.82, 2.24) is 0 Å². The predicted octanol–water partition coefficient (Wildman–Crippen LogP) is 2.24. The Kier molecular flexibility index (Phi) is 4.20. The second-order valence-electron chi connectivity index (χ2n) is 6.06. The molecular weight excluding hydrogens is 260 g/mol. The number of nitrogens with one attached hydrogen (secondary N) is 2. The molecule has 0 bridgehead atoms. The van der Waals surface area contributed by atoms with Crippen molar-refractivity contribution < 1.29 is 9.69 Å². The molecule has 1 fully saturated rings. The molecule has 110 valence electrons.